The highest BCUT2D eigenvalue weighted by Crippen LogP contribution is 2.13. The molecule has 0 unspecified atom stereocenters. The van der Waals surface area contributed by atoms with Gasteiger partial charge in [0.05, 0.1) is 5.75 Å². The van der Waals surface area contributed by atoms with E-state index in [1.807, 2.05) is 6.92 Å². The van der Waals surface area contributed by atoms with Gasteiger partial charge in [-0.2, -0.15) is 0 Å². The molecular formula is C11H20N4O3S. The van der Waals surface area contributed by atoms with Gasteiger partial charge in [-0.05, 0) is 6.92 Å². The van der Waals surface area contributed by atoms with E-state index in [1.54, 1.807) is 18.0 Å². The van der Waals surface area contributed by atoms with E-state index in [2.05, 4.69) is 9.97 Å². The minimum absolute atomic E-state index is 0.0637. The average Bonchev–Trinajstić information content (AvgIpc) is 2.31. The Hall–Kier alpha value is -1.41. The lowest BCUT2D eigenvalue weighted by atomic mass is 10.4. The fraction of sp³-hybridized carbons (Fsp3) is 0.636. The van der Waals surface area contributed by atoms with Crippen LogP contribution in [0.2, 0.25) is 0 Å². The largest absolute Gasteiger partial charge is 0.384 e. The quantitative estimate of drug-likeness (QED) is 0.758. The number of nitrogen functional groups attached to an aromatic ring is 1. The lowest BCUT2D eigenvalue weighted by Crippen LogP contribution is -2.26. The molecule has 8 heteroatoms. The summed E-state index contributed by atoms with van der Waals surface area (Å²) in [7, 11) is -1.24. The van der Waals surface area contributed by atoms with Gasteiger partial charge < -0.3 is 15.4 Å². The molecule has 0 aromatic carbocycles. The van der Waals surface area contributed by atoms with Crippen molar-refractivity contribution in [1.82, 2.24) is 9.97 Å². The third kappa shape index (κ3) is 5.84. The van der Waals surface area contributed by atoms with Crippen LogP contribution in [0.4, 0.5) is 11.6 Å². The number of hydrogen-bond donors (Lipinski definition) is 1. The van der Waals surface area contributed by atoms with E-state index in [1.165, 1.54) is 6.26 Å². The second-order valence-corrected chi connectivity index (χ2v) is 6.52. The molecule has 1 aromatic heterocycles. The molecule has 0 amide bonds. The Balaban J connectivity index is 2.78. The summed E-state index contributed by atoms with van der Waals surface area (Å²) in [4.78, 5) is 10.1. The van der Waals surface area contributed by atoms with Crippen LogP contribution in [0.15, 0.2) is 6.07 Å². The average molecular weight is 288 g/mol. The standard InChI is InChI=1S/C11H20N4O3S/c1-4-18-8-10-13-9(12)7-11(14-10)15(2)5-6-19(3,16)17/h7H,4-6,8H2,1-3H3,(H2,12,13,14). The maximum Gasteiger partial charge on any atom is 0.158 e. The molecule has 0 aliphatic carbocycles. The zero-order valence-corrected chi connectivity index (χ0v) is 12.3. The van der Waals surface area contributed by atoms with Crippen molar-refractivity contribution in [3.05, 3.63) is 11.9 Å². The molecule has 0 bridgehead atoms. The van der Waals surface area contributed by atoms with Crippen LogP contribution in [0.5, 0.6) is 0 Å². The van der Waals surface area contributed by atoms with Gasteiger partial charge in [-0.15, -0.1) is 0 Å². The van der Waals surface area contributed by atoms with Gasteiger partial charge in [0.25, 0.3) is 0 Å². The third-order valence-electron chi connectivity index (χ3n) is 2.40. The van der Waals surface area contributed by atoms with E-state index in [4.69, 9.17) is 10.5 Å². The Labute approximate surface area is 113 Å². The van der Waals surface area contributed by atoms with Crippen LogP contribution in [0, 0.1) is 0 Å². The van der Waals surface area contributed by atoms with Crippen LogP contribution in [-0.4, -0.2) is 50.6 Å². The zero-order valence-electron chi connectivity index (χ0n) is 11.5. The van der Waals surface area contributed by atoms with Crippen molar-refractivity contribution in [2.75, 3.05) is 42.8 Å². The first-order valence-corrected chi connectivity index (χ1v) is 7.98. The maximum atomic E-state index is 11.1. The molecule has 0 atom stereocenters. The van der Waals surface area contributed by atoms with E-state index < -0.39 is 9.84 Å². The number of ether oxygens (including phenoxy) is 1. The second-order valence-electron chi connectivity index (χ2n) is 4.26. The van der Waals surface area contributed by atoms with Crippen molar-refractivity contribution >= 4 is 21.5 Å². The third-order valence-corrected chi connectivity index (χ3v) is 3.33. The number of aromatic nitrogens is 2. The van der Waals surface area contributed by atoms with Crippen molar-refractivity contribution < 1.29 is 13.2 Å². The number of hydrogen-bond acceptors (Lipinski definition) is 7. The first-order chi connectivity index (χ1) is 8.81. The minimum atomic E-state index is -3.00. The molecule has 0 saturated heterocycles. The van der Waals surface area contributed by atoms with E-state index in [0.29, 0.717) is 30.6 Å². The Kier molecular flexibility index (Phi) is 5.49. The lowest BCUT2D eigenvalue weighted by molar-refractivity contribution is 0.128. The number of nitrogens with two attached hydrogens (primary N) is 1. The summed E-state index contributed by atoms with van der Waals surface area (Å²) in [6.07, 6.45) is 1.20. The predicted octanol–water partition coefficient (Wildman–Crippen LogP) is 0.0761. The van der Waals surface area contributed by atoms with Crippen LogP contribution < -0.4 is 10.6 Å². The Morgan fingerprint density at radius 3 is 2.68 bits per heavy atom. The van der Waals surface area contributed by atoms with Crippen LogP contribution in [0.3, 0.4) is 0 Å². The van der Waals surface area contributed by atoms with Crippen molar-refractivity contribution in [2.45, 2.75) is 13.5 Å². The van der Waals surface area contributed by atoms with E-state index in [0.717, 1.165) is 0 Å². The summed E-state index contributed by atoms with van der Waals surface area (Å²) in [5, 5.41) is 0. The molecule has 0 fully saturated rings. The number of rotatable bonds is 7. The second kappa shape index (κ2) is 6.67. The van der Waals surface area contributed by atoms with Gasteiger partial charge in [0, 0.05) is 32.5 Å². The molecule has 2 N–H and O–H groups in total. The molecule has 7 nitrogen and oxygen atoms in total. The van der Waals surface area contributed by atoms with Crippen molar-refractivity contribution in [2.24, 2.45) is 0 Å². The van der Waals surface area contributed by atoms with Gasteiger partial charge in [0.2, 0.25) is 0 Å². The molecule has 0 aliphatic rings. The number of sulfone groups is 1. The van der Waals surface area contributed by atoms with Crippen molar-refractivity contribution in [3.63, 3.8) is 0 Å². The fourth-order valence-corrected chi connectivity index (χ4v) is 1.98. The molecule has 1 rings (SSSR count). The summed E-state index contributed by atoms with van der Waals surface area (Å²) in [5.41, 5.74) is 5.70. The Bertz CT molecular complexity index is 519. The van der Waals surface area contributed by atoms with Crippen LogP contribution in [0.25, 0.3) is 0 Å². The summed E-state index contributed by atoms with van der Waals surface area (Å²) in [5.74, 6) is 1.48. The lowest BCUT2D eigenvalue weighted by Gasteiger charge is -2.18. The first kappa shape index (κ1) is 15.6. The van der Waals surface area contributed by atoms with Crippen molar-refractivity contribution in [1.29, 1.82) is 0 Å². The molecule has 1 aromatic rings. The molecule has 0 spiro atoms. The van der Waals surface area contributed by atoms with E-state index >= 15 is 0 Å². The highest BCUT2D eigenvalue weighted by molar-refractivity contribution is 7.90. The van der Waals surface area contributed by atoms with Gasteiger partial charge in [-0.1, -0.05) is 0 Å². The highest BCUT2D eigenvalue weighted by atomic mass is 32.2. The normalized spacial score (nSPS) is 11.5. The minimum Gasteiger partial charge on any atom is -0.384 e. The summed E-state index contributed by atoms with van der Waals surface area (Å²) >= 11 is 0. The predicted molar refractivity (Wildman–Crippen MR) is 74.8 cm³/mol. The number of anilines is 2. The summed E-state index contributed by atoms with van der Waals surface area (Å²) in [6.45, 7) is 3.08. The van der Waals surface area contributed by atoms with Gasteiger partial charge >= 0.3 is 0 Å². The monoisotopic (exact) mass is 288 g/mol. The topological polar surface area (TPSA) is 98.4 Å². The van der Waals surface area contributed by atoms with Crippen LogP contribution in [-0.2, 0) is 21.2 Å². The van der Waals surface area contributed by atoms with Gasteiger partial charge in [0.1, 0.15) is 28.1 Å². The fourth-order valence-electron chi connectivity index (χ4n) is 1.37. The van der Waals surface area contributed by atoms with E-state index in [9.17, 15) is 8.42 Å². The molecule has 1 heterocycles. The Morgan fingerprint density at radius 1 is 1.42 bits per heavy atom. The van der Waals surface area contributed by atoms with Gasteiger partial charge in [-0.25, -0.2) is 18.4 Å². The molecule has 19 heavy (non-hydrogen) atoms. The zero-order chi connectivity index (χ0) is 14.5. The highest BCUT2D eigenvalue weighted by Gasteiger charge is 2.10. The Morgan fingerprint density at radius 2 is 2.11 bits per heavy atom. The molecule has 0 aliphatic heterocycles. The molecule has 0 radical (unpaired) electrons. The smallest absolute Gasteiger partial charge is 0.158 e. The first-order valence-electron chi connectivity index (χ1n) is 5.92. The molecular weight excluding hydrogens is 268 g/mol. The van der Waals surface area contributed by atoms with Gasteiger partial charge in [0.15, 0.2) is 5.82 Å². The van der Waals surface area contributed by atoms with Gasteiger partial charge in [-0.3, -0.25) is 0 Å². The molecule has 108 valence electrons. The van der Waals surface area contributed by atoms with Crippen LogP contribution >= 0.6 is 0 Å². The van der Waals surface area contributed by atoms with E-state index in [-0.39, 0.29) is 12.4 Å². The SMILES string of the molecule is CCOCc1nc(N)cc(N(C)CCS(C)(=O)=O)n1. The van der Waals surface area contributed by atoms with Crippen molar-refractivity contribution in [3.8, 4) is 0 Å². The summed E-state index contributed by atoms with van der Waals surface area (Å²) < 4.78 is 27.5. The maximum absolute atomic E-state index is 11.1. The van der Waals surface area contributed by atoms with Crippen LogP contribution in [0.1, 0.15) is 12.7 Å². The summed E-state index contributed by atoms with van der Waals surface area (Å²) in [6, 6.07) is 1.61. The molecule has 0 saturated carbocycles. The number of nitrogens with zero attached hydrogens (tertiary/aromatic N) is 3.